The summed E-state index contributed by atoms with van der Waals surface area (Å²) in [4.78, 5) is 209. The van der Waals surface area contributed by atoms with Crippen molar-refractivity contribution in [3.63, 3.8) is 0 Å². The van der Waals surface area contributed by atoms with Gasteiger partial charge in [-0.3, -0.25) is 76.7 Å². The molecular formula is C76H104N8O20S2. The number of benzene rings is 2. The monoisotopic (exact) mass is 1510 g/mol. The van der Waals surface area contributed by atoms with E-state index in [1.54, 1.807) is 69.5 Å². The summed E-state index contributed by atoms with van der Waals surface area (Å²) in [6, 6.07) is 22.4. The van der Waals surface area contributed by atoms with Gasteiger partial charge in [0.25, 0.3) is 0 Å². The summed E-state index contributed by atoms with van der Waals surface area (Å²) in [5.41, 5.74) is 23.2. The molecule has 4 aromatic rings. The Morgan fingerprint density at radius 3 is 1.30 bits per heavy atom. The lowest BCUT2D eigenvalue weighted by atomic mass is 9.89. The first-order chi connectivity index (χ1) is 49.9. The highest BCUT2D eigenvalue weighted by atomic mass is 32.1. The topological polar surface area (TPSA) is 503 Å². The maximum absolute atomic E-state index is 13.5. The second kappa shape index (κ2) is 49.2. The summed E-state index contributed by atoms with van der Waals surface area (Å²) >= 11 is 3.21. The van der Waals surface area contributed by atoms with Gasteiger partial charge in [0.2, 0.25) is 35.4 Å². The van der Waals surface area contributed by atoms with Crippen LogP contribution in [0.2, 0.25) is 0 Å². The molecule has 6 amide bonds. The SMILES string of the molecule is CC(=O)CCc1ccc(-c2ccc(CC(=O)CC(CCC(=O)O)C(C)=O)s2)s1.CC(C)NC(=O)C(CC(=O)[C@H](CCC(=O)O)NC(=O)C(CCC(N)=O)CC(=O)[C@@H](N)CCC(N)=O)Cc1ccccc1.CN[C@@H](Cc1ccccc1)C(=O)CC(C)C(=O)N[C@@H](CCC(N)=O)C(=O)CC(CCC(=O)O)C(C)=O. The summed E-state index contributed by atoms with van der Waals surface area (Å²) in [6.45, 7) is 9.41. The number of aliphatic carboxylic acids is 3. The fourth-order valence-corrected chi connectivity index (χ4v) is 13.1. The van der Waals surface area contributed by atoms with Crippen LogP contribution in [0.3, 0.4) is 0 Å². The van der Waals surface area contributed by atoms with Crippen molar-refractivity contribution in [1.82, 2.24) is 21.3 Å². The molecule has 0 aliphatic carbocycles. The highest BCUT2D eigenvalue weighted by Gasteiger charge is 2.34. The van der Waals surface area contributed by atoms with Crippen molar-refractivity contribution in [3.8, 4) is 9.75 Å². The Balaban J connectivity index is 0.000000550. The zero-order valence-electron chi connectivity index (χ0n) is 61.3. The first-order valence-electron chi connectivity index (χ1n) is 35.1. The Hall–Kier alpha value is -9.65. The lowest BCUT2D eigenvalue weighted by Gasteiger charge is -2.24. The Morgan fingerprint density at radius 1 is 0.415 bits per heavy atom. The number of hydrogen-bond donors (Lipinski definition) is 11. The number of nitrogens with one attached hydrogen (secondary N) is 4. The Morgan fingerprint density at radius 2 is 0.821 bits per heavy atom. The van der Waals surface area contributed by atoms with E-state index in [4.69, 9.17) is 33.1 Å². The zero-order chi connectivity index (χ0) is 79.8. The molecule has 5 unspecified atom stereocenters. The number of rotatable bonds is 51. The van der Waals surface area contributed by atoms with E-state index in [1.165, 1.54) is 18.7 Å². The number of primary amides is 3. The van der Waals surface area contributed by atoms with Crippen molar-refractivity contribution in [3.05, 3.63) is 106 Å². The van der Waals surface area contributed by atoms with Crippen LogP contribution in [0.1, 0.15) is 178 Å². The average Bonchev–Trinajstić information content (AvgIpc) is 1.63. The molecule has 0 bridgehead atoms. The molecule has 15 N–H and O–H groups in total. The molecule has 0 radical (unpaired) electrons. The molecule has 0 aliphatic rings. The molecule has 0 spiro atoms. The maximum Gasteiger partial charge on any atom is 0.303 e. The van der Waals surface area contributed by atoms with Crippen LogP contribution in [-0.4, -0.2) is 152 Å². The Labute approximate surface area is 625 Å². The second-order valence-corrected chi connectivity index (χ2v) is 29.0. The minimum Gasteiger partial charge on any atom is -0.481 e. The molecule has 9 atom stereocenters. The van der Waals surface area contributed by atoms with Gasteiger partial charge >= 0.3 is 17.9 Å². The van der Waals surface area contributed by atoms with Gasteiger partial charge < -0.3 is 64.3 Å². The summed E-state index contributed by atoms with van der Waals surface area (Å²) < 4.78 is 0. The molecule has 0 fully saturated rings. The molecule has 0 saturated carbocycles. The van der Waals surface area contributed by atoms with E-state index in [2.05, 4.69) is 21.3 Å². The fourth-order valence-electron chi connectivity index (χ4n) is 11.0. The fraction of sp³-hybridized carbons (Fsp3) is 0.513. The third-order valence-corrected chi connectivity index (χ3v) is 19.5. The van der Waals surface area contributed by atoms with E-state index in [1.807, 2.05) is 72.8 Å². The van der Waals surface area contributed by atoms with E-state index in [0.717, 1.165) is 32.2 Å². The van der Waals surface area contributed by atoms with Gasteiger partial charge in [0.15, 0.2) is 17.3 Å². The number of carboxylic acid groups (broad SMARTS) is 3. The lowest BCUT2D eigenvalue weighted by Crippen LogP contribution is -2.47. The molecule has 0 saturated heterocycles. The van der Waals surface area contributed by atoms with Crippen LogP contribution < -0.4 is 44.2 Å². The molecule has 2 heterocycles. The number of aryl methyl sites for hydroxylation is 1. The largest absolute Gasteiger partial charge is 0.481 e. The number of carbonyl (C=O) groups excluding carboxylic acids is 14. The van der Waals surface area contributed by atoms with Gasteiger partial charge in [-0.25, -0.2) is 0 Å². The van der Waals surface area contributed by atoms with Crippen molar-refractivity contribution in [2.24, 2.45) is 52.5 Å². The number of Topliss-reactive ketones (excluding diaryl/α,β-unsaturated/α-hetero) is 8. The molecular weight excluding hydrogens is 1410 g/mol. The molecule has 2 aromatic heterocycles. The van der Waals surface area contributed by atoms with E-state index in [-0.39, 0.29) is 150 Å². The van der Waals surface area contributed by atoms with Gasteiger partial charge in [-0.15, -0.1) is 22.7 Å². The third-order valence-electron chi connectivity index (χ3n) is 17.1. The van der Waals surface area contributed by atoms with Crippen molar-refractivity contribution < 1.29 is 96.8 Å². The lowest BCUT2D eigenvalue weighted by molar-refractivity contribution is -0.139. The molecule has 28 nitrogen and oxygen atoms in total. The van der Waals surface area contributed by atoms with Gasteiger partial charge in [0.05, 0.1) is 24.2 Å². The summed E-state index contributed by atoms with van der Waals surface area (Å²) in [5, 5.41) is 37.8. The predicted octanol–water partition coefficient (Wildman–Crippen LogP) is 5.87. The number of likely N-dealkylation sites (N-methyl/N-ethyl adjacent to an activating group) is 1. The van der Waals surface area contributed by atoms with Gasteiger partial charge in [-0.1, -0.05) is 67.6 Å². The van der Waals surface area contributed by atoms with E-state index < -0.39 is 131 Å². The summed E-state index contributed by atoms with van der Waals surface area (Å²) in [6.07, 6.45) is -0.281. The molecule has 30 heteroatoms. The predicted molar refractivity (Wildman–Crippen MR) is 397 cm³/mol. The molecule has 0 aliphatic heterocycles. The molecule has 4 rings (SSSR count). The van der Waals surface area contributed by atoms with Crippen LogP contribution in [0.15, 0.2) is 84.9 Å². The quantitative estimate of drug-likeness (QED) is 0.0246. The first-order valence-corrected chi connectivity index (χ1v) is 36.7. The molecule has 106 heavy (non-hydrogen) atoms. The summed E-state index contributed by atoms with van der Waals surface area (Å²) in [7, 11) is 1.67. The number of ketones is 8. The Bertz CT molecular complexity index is 3650. The molecule has 2 aromatic carbocycles. The van der Waals surface area contributed by atoms with Crippen LogP contribution in [-0.2, 0) is 107 Å². The maximum atomic E-state index is 13.5. The highest BCUT2D eigenvalue weighted by molar-refractivity contribution is 7.22. The van der Waals surface area contributed by atoms with Crippen LogP contribution in [0, 0.1) is 29.6 Å². The number of carboxylic acids is 3. The average molecular weight is 1510 g/mol. The normalized spacial score (nSPS) is 13.4. The van der Waals surface area contributed by atoms with Gasteiger partial charge in [-0.2, -0.15) is 0 Å². The third kappa shape index (κ3) is 38.9. The number of nitrogens with two attached hydrogens (primary N) is 4. The second-order valence-electron chi connectivity index (χ2n) is 26.7. The van der Waals surface area contributed by atoms with Crippen LogP contribution in [0.25, 0.3) is 9.75 Å². The smallest absolute Gasteiger partial charge is 0.303 e. The number of thiophene rings is 2. The Kier molecular flexibility index (Phi) is 42.9. The van der Waals surface area contributed by atoms with Crippen molar-refractivity contribution in [2.75, 3.05) is 7.05 Å². The van der Waals surface area contributed by atoms with E-state index in [0.29, 0.717) is 12.8 Å². The van der Waals surface area contributed by atoms with E-state index >= 15 is 0 Å². The zero-order valence-corrected chi connectivity index (χ0v) is 63.0. The van der Waals surface area contributed by atoms with Crippen molar-refractivity contribution >= 4 is 122 Å². The number of amides is 6. The highest BCUT2D eigenvalue weighted by Crippen LogP contribution is 2.35. The van der Waals surface area contributed by atoms with Gasteiger partial charge in [0, 0.05) is 139 Å². The first kappa shape index (κ1) is 92.4. The van der Waals surface area contributed by atoms with E-state index in [9.17, 15) is 86.6 Å². The minimum atomic E-state index is -1.27. The standard InChI is InChI=1S/C29H43N5O8.C26H37N3O7.C21H24O5S2/c1-17(2)33-29(42)20(14-18-6-4-3-5-7-18)16-24(36)22(10-13-27(39)40)34-28(41)19(8-11-25(31)37)15-23(35)21(30)9-12-26(32)38;1-16(13-22(31)21(28-3)14-18-7-5-4-6-8-18)26(36)29-20(10-11-24(27)33)23(32)15-19(17(2)30)9-12-25(34)35;1-13(22)3-5-17-6-8-19(27-17)20-9-7-18(28-20)12-16(24)11-15(14(2)23)4-10-21(25)26/h3-7,17,19-22H,8-16,30H2,1-2H3,(H2,31,37)(H2,32,38)(H,33,42)(H,34,41)(H,39,40);4-8,16,19-21,28H,9-15H2,1-3H3,(H2,27,33)(H,29,36)(H,34,35);6-9,15H,3-5,10-12H2,1-2H3,(H,25,26)/t19?,20?,21-,22-;16?,19?,20-,21-;/m00./s1. The van der Waals surface area contributed by atoms with Gasteiger partial charge in [0.1, 0.15) is 28.9 Å². The van der Waals surface area contributed by atoms with Crippen molar-refractivity contribution in [1.29, 1.82) is 0 Å². The van der Waals surface area contributed by atoms with Gasteiger partial charge in [-0.05, 0) is 135 Å². The number of hydrogen-bond acceptors (Lipinski definition) is 21. The van der Waals surface area contributed by atoms with Crippen LogP contribution >= 0.6 is 22.7 Å². The minimum absolute atomic E-state index is 0.00931. The van der Waals surface area contributed by atoms with Crippen LogP contribution in [0.4, 0.5) is 0 Å². The summed E-state index contributed by atoms with van der Waals surface area (Å²) in [5.74, 6) is -13.0. The molecule has 580 valence electrons. The van der Waals surface area contributed by atoms with Crippen molar-refractivity contribution in [2.45, 2.75) is 213 Å². The number of carbonyl (C=O) groups is 17. The van der Waals surface area contributed by atoms with Crippen LogP contribution in [0.5, 0.6) is 0 Å².